The van der Waals surface area contributed by atoms with Gasteiger partial charge in [-0.25, -0.2) is 14.6 Å². The highest BCUT2D eigenvalue weighted by molar-refractivity contribution is 7.17. The van der Waals surface area contributed by atoms with Crippen LogP contribution in [0.2, 0.25) is 0 Å². The van der Waals surface area contributed by atoms with Crippen LogP contribution in [0.5, 0.6) is 0 Å². The van der Waals surface area contributed by atoms with Crippen LogP contribution in [0, 0.1) is 0 Å². The smallest absolute Gasteiger partial charge is 0.341 e. The lowest BCUT2D eigenvalue weighted by molar-refractivity contribution is -0.116. The Hall–Kier alpha value is -3.21. The first-order valence-corrected chi connectivity index (χ1v) is 9.78. The lowest BCUT2D eigenvalue weighted by Gasteiger charge is -2.09. The average molecular weight is 417 g/mol. The first-order chi connectivity index (χ1) is 13.8. The Bertz CT molecular complexity index is 1280. The van der Waals surface area contributed by atoms with E-state index in [-0.39, 0.29) is 17.7 Å². The number of hydrogen-bond donors (Lipinski definition) is 1. The number of carbonyl (C=O) groups excluding carboxylic acids is 2. The summed E-state index contributed by atoms with van der Waals surface area (Å²) in [7, 11) is 4.19. The molecule has 0 bridgehead atoms. The quantitative estimate of drug-likeness (QED) is 0.615. The maximum Gasteiger partial charge on any atom is 0.341 e. The molecule has 10 nitrogen and oxygen atoms in total. The summed E-state index contributed by atoms with van der Waals surface area (Å²) in [6, 6.07) is 0. The highest BCUT2D eigenvalue weighted by atomic mass is 32.1. The minimum Gasteiger partial charge on any atom is -0.465 e. The molecule has 1 aliphatic rings. The number of aryl methyl sites for hydroxylation is 2. The molecular weight excluding hydrogens is 398 g/mol. The molecule has 3 aromatic rings. The Kier molecular flexibility index (Phi) is 4.61. The van der Waals surface area contributed by atoms with E-state index in [2.05, 4.69) is 10.3 Å². The van der Waals surface area contributed by atoms with Crippen molar-refractivity contribution in [1.82, 2.24) is 18.7 Å². The zero-order valence-electron chi connectivity index (χ0n) is 16.1. The van der Waals surface area contributed by atoms with Gasteiger partial charge in [-0.1, -0.05) is 0 Å². The van der Waals surface area contributed by atoms with E-state index in [1.54, 1.807) is 0 Å². The summed E-state index contributed by atoms with van der Waals surface area (Å²) in [6.45, 7) is -0.187. The van der Waals surface area contributed by atoms with Crippen molar-refractivity contribution in [2.75, 3.05) is 12.4 Å². The highest BCUT2D eigenvalue weighted by Crippen LogP contribution is 2.39. The number of ether oxygens (including phenoxy) is 1. The number of nitrogens with zero attached hydrogens (tertiary/aromatic N) is 4. The molecule has 11 heteroatoms. The van der Waals surface area contributed by atoms with Gasteiger partial charge in [-0.3, -0.25) is 18.7 Å². The van der Waals surface area contributed by atoms with Gasteiger partial charge in [0.2, 0.25) is 5.91 Å². The van der Waals surface area contributed by atoms with Gasteiger partial charge < -0.3 is 14.6 Å². The van der Waals surface area contributed by atoms with Gasteiger partial charge in [-0.2, -0.15) is 0 Å². The number of esters is 1. The van der Waals surface area contributed by atoms with Gasteiger partial charge in [0.1, 0.15) is 11.5 Å². The first kappa shape index (κ1) is 19.1. The van der Waals surface area contributed by atoms with Crippen molar-refractivity contribution in [3.8, 4) is 0 Å². The third-order valence-corrected chi connectivity index (χ3v) is 6.30. The molecule has 0 aliphatic heterocycles. The van der Waals surface area contributed by atoms with Gasteiger partial charge >= 0.3 is 11.7 Å². The van der Waals surface area contributed by atoms with E-state index >= 15 is 0 Å². The number of methoxy groups -OCH3 is 1. The molecule has 1 amide bonds. The second-order valence-corrected chi connectivity index (χ2v) is 7.96. The topological polar surface area (TPSA) is 117 Å². The van der Waals surface area contributed by atoms with Crippen LogP contribution in [0.4, 0.5) is 5.00 Å². The summed E-state index contributed by atoms with van der Waals surface area (Å²) >= 11 is 1.38. The van der Waals surface area contributed by atoms with Crippen LogP contribution in [0.15, 0.2) is 15.9 Å². The lowest BCUT2D eigenvalue weighted by atomic mass is 10.1. The van der Waals surface area contributed by atoms with Gasteiger partial charge in [0.15, 0.2) is 11.2 Å². The number of hydrogen-bond acceptors (Lipinski definition) is 7. The number of fused-ring (bicyclic) bond motifs is 2. The fourth-order valence-electron chi connectivity index (χ4n) is 3.65. The molecule has 29 heavy (non-hydrogen) atoms. The molecule has 152 valence electrons. The number of imidazole rings is 1. The molecule has 0 saturated heterocycles. The maximum atomic E-state index is 12.7. The van der Waals surface area contributed by atoms with E-state index in [1.807, 2.05) is 0 Å². The lowest BCUT2D eigenvalue weighted by Crippen LogP contribution is -2.37. The predicted octanol–water partition coefficient (Wildman–Crippen LogP) is 0.409. The van der Waals surface area contributed by atoms with Crippen LogP contribution in [-0.2, 0) is 43.0 Å². The van der Waals surface area contributed by atoms with E-state index in [9.17, 15) is 19.2 Å². The molecule has 0 radical (unpaired) electrons. The number of rotatable bonds is 4. The van der Waals surface area contributed by atoms with Crippen molar-refractivity contribution in [3.63, 3.8) is 0 Å². The predicted molar refractivity (Wildman–Crippen MR) is 107 cm³/mol. The van der Waals surface area contributed by atoms with Crippen LogP contribution in [0.1, 0.15) is 27.2 Å². The molecule has 4 rings (SSSR count). The Labute approximate surface area is 168 Å². The number of carbonyl (C=O) groups is 2. The normalized spacial score (nSPS) is 12.9. The van der Waals surface area contributed by atoms with Crippen LogP contribution in [-0.4, -0.2) is 37.7 Å². The van der Waals surface area contributed by atoms with E-state index in [0.717, 1.165) is 34.3 Å². The molecule has 0 saturated carbocycles. The molecule has 3 heterocycles. The zero-order valence-corrected chi connectivity index (χ0v) is 17.0. The largest absolute Gasteiger partial charge is 0.465 e. The second kappa shape index (κ2) is 6.99. The van der Waals surface area contributed by atoms with Gasteiger partial charge in [0.05, 0.1) is 19.0 Å². The average Bonchev–Trinajstić information content (AvgIpc) is 3.38. The third-order valence-electron chi connectivity index (χ3n) is 5.09. The van der Waals surface area contributed by atoms with Crippen LogP contribution >= 0.6 is 11.3 Å². The molecule has 0 spiro atoms. The summed E-state index contributed by atoms with van der Waals surface area (Å²) in [6.07, 6.45) is 3.97. The van der Waals surface area contributed by atoms with Crippen LogP contribution in [0.3, 0.4) is 0 Å². The molecule has 0 aromatic carbocycles. The second-order valence-electron chi connectivity index (χ2n) is 6.85. The Morgan fingerprint density at radius 2 is 2.00 bits per heavy atom. The molecule has 0 unspecified atom stereocenters. The maximum absolute atomic E-state index is 12.7. The van der Waals surface area contributed by atoms with Crippen LogP contribution < -0.4 is 16.6 Å². The molecule has 0 atom stereocenters. The Balaban J connectivity index is 1.67. The number of nitrogens with one attached hydrogen (secondary N) is 1. The summed E-state index contributed by atoms with van der Waals surface area (Å²) in [4.78, 5) is 54.6. The van der Waals surface area contributed by atoms with Crippen molar-refractivity contribution in [3.05, 3.63) is 43.2 Å². The number of aromatic nitrogens is 4. The fourth-order valence-corrected chi connectivity index (χ4v) is 4.94. The molecule has 3 aromatic heterocycles. The van der Waals surface area contributed by atoms with Gasteiger partial charge in [0, 0.05) is 19.0 Å². The fraction of sp³-hybridized carbons (Fsp3) is 0.389. The SMILES string of the molecule is COC(=O)c1c(NC(=O)Cn2cnc3c2c(=O)n(C)c(=O)n3C)sc2c1CCC2. The minimum absolute atomic E-state index is 0.159. The summed E-state index contributed by atoms with van der Waals surface area (Å²) < 4.78 is 8.50. The zero-order chi connectivity index (χ0) is 20.9. The standard InChI is InChI=1S/C18H19N5O5S/c1-21-14-13(16(25)22(2)18(21)27)23(8-19-14)7-11(24)20-15-12(17(26)28-3)9-5-4-6-10(9)29-15/h8H,4-7H2,1-3H3,(H,20,24). The van der Waals surface area contributed by atoms with E-state index in [4.69, 9.17) is 4.74 Å². The van der Waals surface area contributed by atoms with Gasteiger partial charge in [-0.15, -0.1) is 11.3 Å². The van der Waals surface area contributed by atoms with Gasteiger partial charge in [-0.05, 0) is 24.8 Å². The van der Waals surface area contributed by atoms with E-state index < -0.39 is 23.1 Å². The summed E-state index contributed by atoms with van der Waals surface area (Å²) in [5, 5.41) is 3.23. The summed E-state index contributed by atoms with van der Waals surface area (Å²) in [5.41, 5.74) is 0.691. The van der Waals surface area contributed by atoms with Crippen molar-refractivity contribution in [2.24, 2.45) is 14.1 Å². The number of thiophene rings is 1. The number of amides is 1. The molecular formula is C18H19N5O5S. The molecule has 1 aliphatic carbocycles. The van der Waals surface area contributed by atoms with Crippen molar-refractivity contribution in [2.45, 2.75) is 25.8 Å². The summed E-state index contributed by atoms with van der Waals surface area (Å²) in [5.74, 6) is -0.887. The first-order valence-electron chi connectivity index (χ1n) is 8.97. The highest BCUT2D eigenvalue weighted by Gasteiger charge is 2.28. The molecule has 1 N–H and O–H groups in total. The Morgan fingerprint density at radius 3 is 2.72 bits per heavy atom. The van der Waals surface area contributed by atoms with Crippen molar-refractivity contribution in [1.29, 1.82) is 0 Å². The molecule has 0 fully saturated rings. The third kappa shape index (κ3) is 2.97. The number of anilines is 1. The monoisotopic (exact) mass is 417 g/mol. The van der Waals surface area contributed by atoms with Crippen LogP contribution in [0.25, 0.3) is 11.2 Å². The van der Waals surface area contributed by atoms with E-state index in [0.29, 0.717) is 10.6 Å². The van der Waals surface area contributed by atoms with Crippen molar-refractivity contribution >= 4 is 39.4 Å². The van der Waals surface area contributed by atoms with Crippen molar-refractivity contribution < 1.29 is 14.3 Å². The Morgan fingerprint density at radius 1 is 1.24 bits per heavy atom. The van der Waals surface area contributed by atoms with Gasteiger partial charge in [0.25, 0.3) is 5.56 Å². The van der Waals surface area contributed by atoms with E-state index in [1.165, 1.54) is 48.0 Å². The minimum atomic E-state index is -0.529.